The van der Waals surface area contributed by atoms with Gasteiger partial charge < -0.3 is 15.0 Å². The Morgan fingerprint density at radius 3 is 2.02 bits per heavy atom. The van der Waals surface area contributed by atoms with E-state index in [4.69, 9.17) is 17.0 Å². The number of piperazine rings is 1. The number of para-hydroxylation sites is 2. The van der Waals surface area contributed by atoms with Crippen molar-refractivity contribution < 1.29 is 14.3 Å². The normalized spacial score (nSPS) is 13.6. The van der Waals surface area contributed by atoms with Gasteiger partial charge in [0.25, 0.3) is 5.91 Å². The van der Waals surface area contributed by atoms with E-state index in [9.17, 15) is 9.59 Å². The van der Waals surface area contributed by atoms with Gasteiger partial charge in [-0.05, 0) is 47.6 Å². The number of hydrogen-bond acceptors (Lipinski definition) is 5. The number of anilines is 1. The van der Waals surface area contributed by atoms with E-state index in [1.165, 1.54) is 17.2 Å². The molecule has 7 nitrogen and oxygen atoms in total. The molecule has 1 saturated heterocycles. The first kappa shape index (κ1) is 29.7. The molecular formula is C35H34N4O3S. The van der Waals surface area contributed by atoms with Gasteiger partial charge in [-0.3, -0.25) is 19.8 Å². The molecule has 0 aromatic heterocycles. The Bertz CT molecular complexity index is 1550. The van der Waals surface area contributed by atoms with E-state index in [1.54, 1.807) is 25.3 Å². The van der Waals surface area contributed by atoms with Gasteiger partial charge in [-0.2, -0.15) is 0 Å². The van der Waals surface area contributed by atoms with Gasteiger partial charge in [0.2, 0.25) is 5.91 Å². The van der Waals surface area contributed by atoms with Crippen molar-refractivity contribution in [3.63, 3.8) is 0 Å². The second-order valence-electron chi connectivity index (χ2n) is 10.1. The van der Waals surface area contributed by atoms with E-state index >= 15 is 0 Å². The van der Waals surface area contributed by atoms with E-state index in [1.807, 2.05) is 53.4 Å². The van der Waals surface area contributed by atoms with Crippen molar-refractivity contribution in [3.05, 3.63) is 138 Å². The fourth-order valence-electron chi connectivity index (χ4n) is 5.29. The van der Waals surface area contributed by atoms with Gasteiger partial charge in [0.15, 0.2) is 5.11 Å². The van der Waals surface area contributed by atoms with Crippen LogP contribution in [0.15, 0.2) is 115 Å². The lowest BCUT2D eigenvalue weighted by Crippen LogP contribution is -2.50. The smallest absolute Gasteiger partial charge is 0.256 e. The Hall–Kier alpha value is -4.79. The Morgan fingerprint density at radius 1 is 0.791 bits per heavy atom. The van der Waals surface area contributed by atoms with E-state index in [0.717, 1.165) is 18.7 Å². The summed E-state index contributed by atoms with van der Waals surface area (Å²) in [6.07, 6.45) is 3.05. The van der Waals surface area contributed by atoms with Crippen LogP contribution < -0.4 is 15.4 Å². The predicted molar refractivity (Wildman–Crippen MR) is 175 cm³/mol. The number of nitrogens with one attached hydrogen (secondary N) is 2. The molecule has 1 fully saturated rings. The lowest BCUT2D eigenvalue weighted by molar-refractivity contribution is -0.115. The number of carbonyl (C=O) groups is 2. The van der Waals surface area contributed by atoms with Crippen molar-refractivity contribution >= 4 is 40.9 Å². The van der Waals surface area contributed by atoms with Crippen molar-refractivity contribution in [2.24, 2.45) is 0 Å². The number of nitrogens with zero attached hydrogens (tertiary/aromatic N) is 2. The van der Waals surface area contributed by atoms with E-state index in [0.29, 0.717) is 30.1 Å². The molecule has 2 amide bonds. The second-order valence-corrected chi connectivity index (χ2v) is 10.5. The minimum Gasteiger partial charge on any atom is -0.496 e. The number of hydrogen-bond donors (Lipinski definition) is 2. The molecule has 0 bridgehead atoms. The predicted octanol–water partition coefficient (Wildman–Crippen LogP) is 5.77. The Balaban J connectivity index is 1.22. The van der Waals surface area contributed by atoms with Crippen molar-refractivity contribution in [1.29, 1.82) is 0 Å². The number of rotatable bonds is 8. The van der Waals surface area contributed by atoms with Crippen molar-refractivity contribution in [2.45, 2.75) is 6.04 Å². The topological polar surface area (TPSA) is 73.9 Å². The molecule has 5 rings (SSSR count). The third-order valence-corrected chi connectivity index (χ3v) is 7.60. The first-order valence-electron chi connectivity index (χ1n) is 14.2. The molecular weight excluding hydrogens is 556 g/mol. The molecule has 0 atom stereocenters. The van der Waals surface area contributed by atoms with Crippen molar-refractivity contribution in [1.82, 2.24) is 15.1 Å². The summed E-state index contributed by atoms with van der Waals surface area (Å²) in [5, 5.41) is 5.79. The first-order chi connectivity index (χ1) is 21.0. The standard InChI is InChI=1S/C35H34N4O3S/c1-42-31-19-11-8-12-26(31)20-21-32(40)37-35(43)36-30-18-10-9-17-29(30)34(41)39-24-22-38(23-25-39)33(27-13-4-2-5-14-27)28-15-6-3-7-16-28/h2-21,33H,22-25H2,1H3,(H2,36,37,40,43). The highest BCUT2D eigenvalue weighted by atomic mass is 32.1. The van der Waals surface area contributed by atoms with Gasteiger partial charge in [0.05, 0.1) is 24.4 Å². The van der Waals surface area contributed by atoms with Crippen LogP contribution >= 0.6 is 12.2 Å². The average molecular weight is 591 g/mol. The summed E-state index contributed by atoms with van der Waals surface area (Å²) < 4.78 is 5.32. The maximum absolute atomic E-state index is 13.7. The molecule has 0 spiro atoms. The van der Waals surface area contributed by atoms with Gasteiger partial charge in [-0.1, -0.05) is 91.0 Å². The third-order valence-electron chi connectivity index (χ3n) is 7.39. The maximum Gasteiger partial charge on any atom is 0.256 e. The number of amides is 2. The van der Waals surface area contributed by atoms with Crippen molar-refractivity contribution in [2.75, 3.05) is 38.6 Å². The summed E-state index contributed by atoms with van der Waals surface area (Å²) in [5.74, 6) is 0.190. The Kier molecular flexibility index (Phi) is 9.94. The molecule has 0 saturated carbocycles. The molecule has 4 aromatic carbocycles. The molecule has 43 heavy (non-hydrogen) atoms. The zero-order chi connectivity index (χ0) is 30.0. The summed E-state index contributed by atoms with van der Waals surface area (Å²) in [6.45, 7) is 2.67. The van der Waals surface area contributed by atoms with Crippen LogP contribution in [-0.4, -0.2) is 60.0 Å². The number of methoxy groups -OCH3 is 1. The molecule has 1 aliphatic heterocycles. The molecule has 1 heterocycles. The number of thiocarbonyl (C=S) groups is 1. The number of ether oxygens (including phenoxy) is 1. The zero-order valence-corrected chi connectivity index (χ0v) is 24.8. The zero-order valence-electron chi connectivity index (χ0n) is 24.0. The highest BCUT2D eigenvalue weighted by Gasteiger charge is 2.29. The van der Waals surface area contributed by atoms with Crippen LogP contribution in [0, 0.1) is 0 Å². The molecule has 2 N–H and O–H groups in total. The van der Waals surface area contributed by atoms with Crippen LogP contribution in [0.2, 0.25) is 0 Å². The molecule has 8 heteroatoms. The summed E-state index contributed by atoms with van der Waals surface area (Å²) in [5.41, 5.74) is 4.28. The molecule has 218 valence electrons. The maximum atomic E-state index is 13.7. The quantitative estimate of drug-likeness (QED) is 0.201. The molecule has 0 unspecified atom stereocenters. The minimum absolute atomic E-state index is 0.0797. The fourth-order valence-corrected chi connectivity index (χ4v) is 5.50. The summed E-state index contributed by atoms with van der Waals surface area (Å²) >= 11 is 5.40. The minimum atomic E-state index is -0.394. The van der Waals surface area contributed by atoms with Gasteiger partial charge in [0.1, 0.15) is 5.75 Å². The number of benzene rings is 4. The van der Waals surface area contributed by atoms with E-state index in [-0.39, 0.29) is 17.1 Å². The monoisotopic (exact) mass is 590 g/mol. The average Bonchev–Trinajstić information content (AvgIpc) is 3.05. The van der Waals surface area contributed by atoms with Gasteiger partial charge >= 0.3 is 0 Å². The lowest BCUT2D eigenvalue weighted by Gasteiger charge is -2.40. The van der Waals surface area contributed by atoms with Gasteiger partial charge in [-0.25, -0.2) is 0 Å². The summed E-state index contributed by atoms with van der Waals surface area (Å²) in [7, 11) is 1.58. The fraction of sp³-hybridized carbons (Fsp3) is 0.171. The Morgan fingerprint density at radius 2 is 1.37 bits per heavy atom. The Labute approximate surface area is 257 Å². The molecule has 4 aromatic rings. The van der Waals surface area contributed by atoms with Crippen LogP contribution in [0.1, 0.15) is 33.1 Å². The van der Waals surface area contributed by atoms with Crippen LogP contribution in [-0.2, 0) is 4.79 Å². The van der Waals surface area contributed by atoms with Crippen LogP contribution in [0.5, 0.6) is 5.75 Å². The summed E-state index contributed by atoms with van der Waals surface area (Å²) in [4.78, 5) is 30.5. The van der Waals surface area contributed by atoms with Gasteiger partial charge in [-0.15, -0.1) is 0 Å². The molecule has 0 radical (unpaired) electrons. The van der Waals surface area contributed by atoms with Crippen LogP contribution in [0.4, 0.5) is 5.69 Å². The summed E-state index contributed by atoms with van der Waals surface area (Å²) in [6, 6.07) is 35.7. The largest absolute Gasteiger partial charge is 0.496 e. The van der Waals surface area contributed by atoms with Gasteiger partial charge in [0, 0.05) is 37.8 Å². The van der Waals surface area contributed by atoms with Crippen LogP contribution in [0.25, 0.3) is 6.08 Å². The number of carbonyl (C=O) groups excluding carboxylic acids is 2. The highest BCUT2D eigenvalue weighted by molar-refractivity contribution is 7.80. The SMILES string of the molecule is COc1ccccc1C=CC(=O)NC(=S)Nc1ccccc1C(=O)N1CCN(C(c2ccccc2)c2ccccc2)CC1. The first-order valence-corrected chi connectivity index (χ1v) is 14.6. The molecule has 0 aliphatic carbocycles. The van der Waals surface area contributed by atoms with E-state index < -0.39 is 5.91 Å². The molecule has 1 aliphatic rings. The third kappa shape index (κ3) is 7.54. The van der Waals surface area contributed by atoms with E-state index in [2.05, 4.69) is 64.1 Å². The van der Waals surface area contributed by atoms with Crippen LogP contribution in [0.3, 0.4) is 0 Å². The van der Waals surface area contributed by atoms with Crippen molar-refractivity contribution in [3.8, 4) is 5.75 Å². The highest BCUT2D eigenvalue weighted by Crippen LogP contribution is 2.30. The lowest BCUT2D eigenvalue weighted by atomic mass is 9.96. The second kappa shape index (κ2) is 14.4.